The molecule has 19 heavy (non-hydrogen) atoms. The van der Waals surface area contributed by atoms with Crippen molar-refractivity contribution in [2.45, 2.75) is 19.9 Å². The summed E-state index contributed by atoms with van der Waals surface area (Å²) in [5.41, 5.74) is 0.586. The maximum absolute atomic E-state index is 12.3. The SMILES string of the molecule is CN1CC(=NO)C(=O)C(C)(C)[C@@H]1c1ccc(Cl)cc1. The van der Waals surface area contributed by atoms with Crippen molar-refractivity contribution in [3.05, 3.63) is 34.9 Å². The number of oxime groups is 1. The summed E-state index contributed by atoms with van der Waals surface area (Å²) in [7, 11) is 1.92. The van der Waals surface area contributed by atoms with Crippen LogP contribution in [0.15, 0.2) is 29.4 Å². The Kier molecular flexibility index (Phi) is 3.65. The smallest absolute Gasteiger partial charge is 0.189 e. The van der Waals surface area contributed by atoms with E-state index in [4.69, 9.17) is 16.8 Å². The summed E-state index contributed by atoms with van der Waals surface area (Å²) in [4.78, 5) is 14.3. The molecule has 5 heteroatoms. The highest BCUT2D eigenvalue weighted by Gasteiger charge is 2.46. The molecule has 0 aliphatic carbocycles. The Bertz CT molecular complexity index is 523. The second-order valence-corrected chi connectivity index (χ2v) is 5.90. The van der Waals surface area contributed by atoms with E-state index in [0.717, 1.165) is 5.56 Å². The molecule has 1 saturated heterocycles. The number of piperidine rings is 1. The van der Waals surface area contributed by atoms with Gasteiger partial charge in [0.1, 0.15) is 5.71 Å². The van der Waals surface area contributed by atoms with Crippen LogP contribution in [-0.2, 0) is 4.79 Å². The van der Waals surface area contributed by atoms with Gasteiger partial charge in [-0.15, -0.1) is 0 Å². The average molecular weight is 281 g/mol. The number of nitrogens with zero attached hydrogens (tertiary/aromatic N) is 2. The number of benzene rings is 1. The van der Waals surface area contributed by atoms with Crippen molar-refractivity contribution in [1.29, 1.82) is 0 Å². The molecule has 1 N–H and O–H groups in total. The Morgan fingerprint density at radius 2 is 1.95 bits per heavy atom. The standard InChI is InChI=1S/C14H17ClN2O2/c1-14(2)12(9-4-6-10(15)7-5-9)17(3)8-11(16-19)13(14)18/h4-7,12,19H,8H2,1-3H3/t12-/m0/s1. The van der Waals surface area contributed by atoms with E-state index in [2.05, 4.69) is 5.16 Å². The lowest BCUT2D eigenvalue weighted by atomic mass is 9.72. The third-order valence-electron chi connectivity index (χ3n) is 3.68. The van der Waals surface area contributed by atoms with Crippen LogP contribution < -0.4 is 0 Å². The van der Waals surface area contributed by atoms with Crippen LogP contribution in [0.25, 0.3) is 0 Å². The van der Waals surface area contributed by atoms with E-state index in [1.54, 1.807) is 0 Å². The highest BCUT2D eigenvalue weighted by molar-refractivity contribution is 6.43. The molecule has 2 rings (SSSR count). The van der Waals surface area contributed by atoms with Gasteiger partial charge < -0.3 is 5.21 Å². The van der Waals surface area contributed by atoms with Crippen molar-refractivity contribution in [2.75, 3.05) is 13.6 Å². The first-order valence-corrected chi connectivity index (χ1v) is 6.47. The van der Waals surface area contributed by atoms with Gasteiger partial charge in [-0.3, -0.25) is 9.69 Å². The number of hydrogen-bond acceptors (Lipinski definition) is 4. The fourth-order valence-electron chi connectivity index (χ4n) is 2.84. The van der Waals surface area contributed by atoms with Gasteiger partial charge in [0, 0.05) is 23.0 Å². The van der Waals surface area contributed by atoms with Crippen LogP contribution in [0.1, 0.15) is 25.5 Å². The zero-order valence-corrected chi connectivity index (χ0v) is 12.0. The lowest BCUT2D eigenvalue weighted by molar-refractivity contribution is -0.126. The first-order chi connectivity index (χ1) is 8.87. The molecule has 1 aromatic carbocycles. The molecule has 1 aliphatic heterocycles. The molecule has 0 aromatic heterocycles. The first-order valence-electron chi connectivity index (χ1n) is 6.09. The van der Waals surface area contributed by atoms with Gasteiger partial charge >= 0.3 is 0 Å². The van der Waals surface area contributed by atoms with Gasteiger partial charge in [-0.2, -0.15) is 0 Å². The van der Waals surface area contributed by atoms with Crippen LogP contribution in [0.3, 0.4) is 0 Å². The number of rotatable bonds is 1. The Balaban J connectivity index is 2.44. The van der Waals surface area contributed by atoms with Crippen LogP contribution in [0, 0.1) is 5.41 Å². The minimum atomic E-state index is -0.650. The van der Waals surface area contributed by atoms with Crippen molar-refractivity contribution in [3.63, 3.8) is 0 Å². The second-order valence-electron chi connectivity index (χ2n) is 5.47. The lowest BCUT2D eigenvalue weighted by Crippen LogP contribution is -2.52. The van der Waals surface area contributed by atoms with Crippen molar-refractivity contribution in [3.8, 4) is 0 Å². The largest absolute Gasteiger partial charge is 0.411 e. The zero-order valence-electron chi connectivity index (χ0n) is 11.2. The van der Waals surface area contributed by atoms with Gasteiger partial charge in [0.2, 0.25) is 0 Å². The van der Waals surface area contributed by atoms with Gasteiger partial charge in [0.15, 0.2) is 5.78 Å². The highest BCUT2D eigenvalue weighted by Crippen LogP contribution is 2.41. The lowest BCUT2D eigenvalue weighted by Gasteiger charge is -2.43. The molecule has 0 spiro atoms. The molecule has 4 nitrogen and oxygen atoms in total. The van der Waals surface area contributed by atoms with E-state index >= 15 is 0 Å². The van der Waals surface area contributed by atoms with Crippen molar-refractivity contribution >= 4 is 23.1 Å². The van der Waals surface area contributed by atoms with Crippen LogP contribution in [0.2, 0.25) is 5.02 Å². The van der Waals surface area contributed by atoms with Crippen LogP contribution in [0.5, 0.6) is 0 Å². The van der Waals surface area contributed by atoms with Gasteiger partial charge in [-0.1, -0.05) is 42.7 Å². The number of ketones is 1. The topological polar surface area (TPSA) is 52.9 Å². The van der Waals surface area contributed by atoms with Crippen LogP contribution in [0.4, 0.5) is 0 Å². The molecule has 0 amide bonds. The molecule has 1 fully saturated rings. The number of carbonyl (C=O) groups excluding carboxylic acids is 1. The van der Waals surface area contributed by atoms with E-state index in [0.29, 0.717) is 11.6 Å². The molecule has 0 bridgehead atoms. The quantitative estimate of drug-likeness (QED) is 0.636. The summed E-state index contributed by atoms with van der Waals surface area (Å²) in [6.07, 6.45) is 0. The van der Waals surface area contributed by atoms with Crippen LogP contribution in [-0.4, -0.2) is 35.2 Å². The summed E-state index contributed by atoms with van der Waals surface area (Å²) in [6.45, 7) is 4.08. The van der Waals surface area contributed by atoms with Gasteiger partial charge in [-0.05, 0) is 24.7 Å². The summed E-state index contributed by atoms with van der Waals surface area (Å²) in [5, 5.41) is 12.7. The van der Waals surface area contributed by atoms with Crippen molar-refractivity contribution < 1.29 is 10.0 Å². The van der Waals surface area contributed by atoms with Gasteiger partial charge in [0.25, 0.3) is 0 Å². The molecule has 0 saturated carbocycles. The zero-order chi connectivity index (χ0) is 14.2. The van der Waals surface area contributed by atoms with Gasteiger partial charge in [0.05, 0.1) is 0 Å². The molecule has 102 valence electrons. The maximum atomic E-state index is 12.3. The van der Waals surface area contributed by atoms with E-state index < -0.39 is 5.41 Å². The molecule has 1 heterocycles. The number of Topliss-reactive ketones (excluding diaryl/α,β-unsaturated/α-hetero) is 1. The maximum Gasteiger partial charge on any atom is 0.189 e. The number of likely N-dealkylation sites (tertiary alicyclic amines) is 1. The van der Waals surface area contributed by atoms with Crippen LogP contribution >= 0.6 is 11.6 Å². The fourth-order valence-corrected chi connectivity index (χ4v) is 2.97. The summed E-state index contributed by atoms with van der Waals surface area (Å²) in [5.74, 6) is -0.118. The minimum Gasteiger partial charge on any atom is -0.411 e. The third kappa shape index (κ3) is 2.38. The molecule has 1 aliphatic rings. The van der Waals surface area contributed by atoms with Crippen molar-refractivity contribution in [2.24, 2.45) is 10.6 Å². The molecule has 0 unspecified atom stereocenters. The monoisotopic (exact) mass is 280 g/mol. The molecule has 1 atom stereocenters. The normalized spacial score (nSPS) is 25.8. The second kappa shape index (κ2) is 4.94. The highest BCUT2D eigenvalue weighted by atomic mass is 35.5. The predicted molar refractivity (Wildman–Crippen MR) is 74.8 cm³/mol. The van der Waals surface area contributed by atoms with E-state index in [1.807, 2.05) is 50.1 Å². The van der Waals surface area contributed by atoms with E-state index in [-0.39, 0.29) is 17.5 Å². The van der Waals surface area contributed by atoms with Gasteiger partial charge in [-0.25, -0.2) is 0 Å². The first kappa shape index (κ1) is 14.0. The summed E-state index contributed by atoms with van der Waals surface area (Å²) in [6, 6.07) is 7.43. The molecular weight excluding hydrogens is 264 g/mol. The average Bonchev–Trinajstić information content (AvgIpc) is 2.36. The Hall–Kier alpha value is -1.39. The third-order valence-corrected chi connectivity index (χ3v) is 3.93. The predicted octanol–water partition coefficient (Wildman–Crippen LogP) is 2.75. The number of carbonyl (C=O) groups is 1. The summed E-state index contributed by atoms with van der Waals surface area (Å²) < 4.78 is 0. The number of hydrogen-bond donors (Lipinski definition) is 1. The molecule has 0 radical (unpaired) electrons. The summed E-state index contributed by atoms with van der Waals surface area (Å²) >= 11 is 5.90. The number of halogens is 1. The minimum absolute atomic E-state index is 0.0669. The van der Waals surface area contributed by atoms with Crippen molar-refractivity contribution in [1.82, 2.24) is 4.90 Å². The molecule has 1 aromatic rings. The Morgan fingerprint density at radius 1 is 1.37 bits per heavy atom. The van der Waals surface area contributed by atoms with E-state index in [1.165, 1.54) is 0 Å². The Morgan fingerprint density at radius 3 is 2.47 bits per heavy atom. The fraction of sp³-hybridized carbons (Fsp3) is 0.429. The molecular formula is C14H17ClN2O2. The van der Waals surface area contributed by atoms with E-state index in [9.17, 15) is 4.79 Å². The Labute approximate surface area is 117 Å².